The number of carboxylic acid groups (broad SMARTS) is 1. The van der Waals surface area contributed by atoms with Gasteiger partial charge in [0.05, 0.1) is 6.54 Å². The maximum absolute atomic E-state index is 13.9. The van der Waals surface area contributed by atoms with E-state index in [1.54, 1.807) is 0 Å². The van der Waals surface area contributed by atoms with Gasteiger partial charge in [-0.25, -0.2) is 13.6 Å². The van der Waals surface area contributed by atoms with Gasteiger partial charge in [0.2, 0.25) is 0 Å². The van der Waals surface area contributed by atoms with E-state index in [-0.39, 0.29) is 17.2 Å². The van der Waals surface area contributed by atoms with Crippen LogP contribution in [0.25, 0.3) is 0 Å². The second-order valence-corrected chi connectivity index (χ2v) is 8.91. The monoisotopic (exact) mass is 562 g/mol. The van der Waals surface area contributed by atoms with Gasteiger partial charge < -0.3 is 15.0 Å². The van der Waals surface area contributed by atoms with Crippen molar-refractivity contribution in [3.8, 4) is 0 Å². The fraction of sp³-hybridized carbons (Fsp3) is 0.208. The average Bonchev–Trinajstić information content (AvgIpc) is 2.78. The molecule has 202 valence electrons. The van der Waals surface area contributed by atoms with Crippen molar-refractivity contribution in [1.29, 1.82) is 0 Å². The van der Waals surface area contributed by atoms with E-state index in [9.17, 15) is 50.2 Å². The van der Waals surface area contributed by atoms with Gasteiger partial charge >= 0.3 is 12.1 Å². The minimum atomic E-state index is -5.20. The van der Waals surface area contributed by atoms with E-state index < -0.39 is 76.6 Å². The summed E-state index contributed by atoms with van der Waals surface area (Å²) in [4.78, 5) is 36.4. The van der Waals surface area contributed by atoms with Crippen LogP contribution in [0.4, 0.5) is 30.7 Å². The first-order valence-electron chi connectivity index (χ1n) is 10.6. The number of carbonyl (C=O) groups is 2. The summed E-state index contributed by atoms with van der Waals surface area (Å²) in [7, 11) is 1.09. The number of carbonyl (C=O) groups excluding carboxylic acids is 1. The quantitative estimate of drug-likeness (QED) is 0.312. The fourth-order valence-electron chi connectivity index (χ4n) is 3.57. The summed E-state index contributed by atoms with van der Waals surface area (Å²) in [5.74, 6) is -5.31. The van der Waals surface area contributed by atoms with E-state index in [1.165, 1.54) is 24.3 Å². The highest BCUT2D eigenvalue weighted by Crippen LogP contribution is 2.37. The van der Waals surface area contributed by atoms with Gasteiger partial charge in [0.15, 0.2) is 0 Å². The topological polar surface area (TPSA) is 88.4 Å². The Morgan fingerprint density at radius 2 is 1.55 bits per heavy atom. The molecule has 1 unspecified atom stereocenters. The molecule has 3 rings (SSSR count). The van der Waals surface area contributed by atoms with E-state index in [2.05, 4.69) is 0 Å². The van der Waals surface area contributed by atoms with E-state index in [1.807, 2.05) is 5.32 Å². The number of pyridine rings is 1. The normalized spacial score (nSPS) is 12.7. The third kappa shape index (κ3) is 6.77. The number of nitrogens with zero attached hydrogens (tertiary/aromatic N) is 1. The molecule has 0 radical (unpaired) electrons. The van der Waals surface area contributed by atoms with Gasteiger partial charge in [-0.15, -0.1) is 0 Å². The van der Waals surface area contributed by atoms with Gasteiger partial charge in [-0.2, -0.15) is 22.0 Å². The van der Waals surface area contributed by atoms with Gasteiger partial charge in [-0.05, 0) is 29.3 Å². The molecule has 3 aromatic rings. The smallest absolute Gasteiger partial charge is 0.421 e. The molecule has 0 aliphatic rings. The van der Waals surface area contributed by atoms with Crippen molar-refractivity contribution in [3.05, 3.63) is 105 Å². The lowest BCUT2D eigenvalue weighted by atomic mass is 10.0. The standard InChI is InChI=1S/C24H18F7N2O4P/c25-16-5-2-6-17(26)19(16)20(34)32-18(22(36)37)8-12-3-1-4-13(7-12)10-33-11-14(24(30,31)38)9-15(21(33)35)23(27,28)29/h1-7,9,11,18H,8,10,38H2,(H,32,34)(H,36,37)/t18-/m0/s1. The lowest BCUT2D eigenvalue weighted by Crippen LogP contribution is -2.43. The van der Waals surface area contributed by atoms with Crippen molar-refractivity contribution in [3.63, 3.8) is 0 Å². The van der Waals surface area contributed by atoms with E-state index in [4.69, 9.17) is 0 Å². The number of aliphatic carboxylic acids is 1. The van der Waals surface area contributed by atoms with Crippen molar-refractivity contribution in [2.24, 2.45) is 0 Å². The van der Waals surface area contributed by atoms with Crippen LogP contribution in [0.15, 0.2) is 59.5 Å². The highest BCUT2D eigenvalue weighted by atomic mass is 31.0. The molecule has 14 heteroatoms. The number of amides is 1. The third-order valence-electron chi connectivity index (χ3n) is 5.35. The van der Waals surface area contributed by atoms with Crippen LogP contribution in [-0.4, -0.2) is 27.6 Å². The van der Waals surface area contributed by atoms with E-state index in [0.717, 1.165) is 27.4 Å². The van der Waals surface area contributed by atoms with Gasteiger partial charge in [-0.1, -0.05) is 39.6 Å². The van der Waals surface area contributed by atoms with Crippen molar-refractivity contribution in [2.45, 2.75) is 30.8 Å². The van der Waals surface area contributed by atoms with Crippen LogP contribution in [0.5, 0.6) is 0 Å². The third-order valence-corrected chi connectivity index (χ3v) is 5.69. The second-order valence-electron chi connectivity index (χ2n) is 8.18. The summed E-state index contributed by atoms with van der Waals surface area (Å²) >= 11 is 0. The summed E-state index contributed by atoms with van der Waals surface area (Å²) in [6.07, 6.45) is -5.03. The summed E-state index contributed by atoms with van der Waals surface area (Å²) < 4.78 is 95.6. The Morgan fingerprint density at radius 1 is 0.974 bits per heavy atom. The summed E-state index contributed by atoms with van der Waals surface area (Å²) in [6.45, 7) is -0.575. The number of rotatable bonds is 8. The Labute approximate surface area is 212 Å². The molecule has 1 aromatic heterocycles. The zero-order chi connectivity index (χ0) is 28.4. The number of alkyl halides is 5. The molecule has 2 N–H and O–H groups in total. The molecular formula is C24H18F7N2O4P. The SMILES string of the molecule is O=C(N[C@@H](Cc1cccc(Cn2cc(C(F)(F)P)cc(C(F)(F)F)c2=O)c1)C(=O)O)c1c(F)cccc1F. The average molecular weight is 562 g/mol. The van der Waals surface area contributed by atoms with Crippen LogP contribution < -0.4 is 10.9 Å². The molecular weight excluding hydrogens is 544 g/mol. The molecule has 1 heterocycles. The summed E-state index contributed by atoms with van der Waals surface area (Å²) in [6, 6.07) is 6.45. The largest absolute Gasteiger partial charge is 0.480 e. The van der Waals surface area contributed by atoms with Crippen molar-refractivity contribution in [2.75, 3.05) is 0 Å². The minimum absolute atomic E-state index is 0.0702. The zero-order valence-corrected chi connectivity index (χ0v) is 20.2. The molecule has 6 nitrogen and oxygen atoms in total. The van der Waals surface area contributed by atoms with Crippen molar-refractivity contribution < 1.29 is 45.4 Å². The molecule has 38 heavy (non-hydrogen) atoms. The molecule has 0 bridgehead atoms. The van der Waals surface area contributed by atoms with Gasteiger partial charge in [0.1, 0.15) is 28.8 Å². The second kappa shape index (κ2) is 10.9. The van der Waals surface area contributed by atoms with Crippen molar-refractivity contribution >= 4 is 21.1 Å². The van der Waals surface area contributed by atoms with Gasteiger partial charge in [-0.3, -0.25) is 9.59 Å². The maximum atomic E-state index is 13.9. The summed E-state index contributed by atoms with van der Waals surface area (Å²) in [5, 5.41) is 11.5. The molecule has 2 aromatic carbocycles. The number of benzene rings is 2. The van der Waals surface area contributed by atoms with Gasteiger partial charge in [0.25, 0.3) is 17.1 Å². The molecule has 0 aliphatic heterocycles. The predicted octanol–water partition coefficient (Wildman–Crippen LogP) is 4.54. The molecule has 0 saturated heterocycles. The Balaban J connectivity index is 1.89. The van der Waals surface area contributed by atoms with Crippen LogP contribution in [0.2, 0.25) is 0 Å². The first-order valence-corrected chi connectivity index (χ1v) is 11.2. The first-order chi connectivity index (χ1) is 17.6. The maximum Gasteiger partial charge on any atom is 0.421 e. The minimum Gasteiger partial charge on any atom is -0.480 e. The van der Waals surface area contributed by atoms with Crippen LogP contribution in [0.3, 0.4) is 0 Å². The van der Waals surface area contributed by atoms with Crippen LogP contribution in [0, 0.1) is 11.6 Å². The van der Waals surface area contributed by atoms with Crippen molar-refractivity contribution in [1.82, 2.24) is 9.88 Å². The predicted molar refractivity (Wildman–Crippen MR) is 124 cm³/mol. The first kappa shape index (κ1) is 28.8. The number of aromatic nitrogens is 1. The molecule has 2 atom stereocenters. The zero-order valence-electron chi connectivity index (χ0n) is 19.0. The molecule has 0 spiro atoms. The highest BCUT2D eigenvalue weighted by molar-refractivity contribution is 7.17. The van der Waals surface area contributed by atoms with Crippen LogP contribution >= 0.6 is 9.24 Å². The lowest BCUT2D eigenvalue weighted by Gasteiger charge is -2.18. The Hall–Kier alpha value is -3.73. The molecule has 1 amide bonds. The van der Waals surface area contributed by atoms with Crippen LogP contribution in [-0.2, 0) is 29.6 Å². The fourth-order valence-corrected chi connectivity index (χ4v) is 3.73. The molecule has 0 aliphatic carbocycles. The Morgan fingerprint density at radius 3 is 2.11 bits per heavy atom. The number of hydrogen-bond acceptors (Lipinski definition) is 3. The lowest BCUT2D eigenvalue weighted by molar-refractivity contribution is -0.140. The highest BCUT2D eigenvalue weighted by Gasteiger charge is 2.37. The van der Waals surface area contributed by atoms with E-state index in [0.29, 0.717) is 10.8 Å². The van der Waals surface area contributed by atoms with E-state index >= 15 is 0 Å². The number of carboxylic acids is 1. The Bertz CT molecular complexity index is 1410. The number of nitrogens with one attached hydrogen (secondary N) is 1. The Kier molecular flexibility index (Phi) is 8.30. The van der Waals surface area contributed by atoms with Crippen LogP contribution in [0.1, 0.15) is 32.6 Å². The summed E-state index contributed by atoms with van der Waals surface area (Å²) in [5.41, 5.74) is -8.82. The number of hydrogen-bond donors (Lipinski definition) is 2. The molecule has 0 fully saturated rings. The number of halogens is 7. The molecule has 0 saturated carbocycles. The van der Waals surface area contributed by atoms with Gasteiger partial charge in [0, 0.05) is 18.2 Å².